The summed E-state index contributed by atoms with van der Waals surface area (Å²) in [6.07, 6.45) is 4.57. The molecule has 2 rings (SSSR count). The zero-order valence-electron chi connectivity index (χ0n) is 9.69. The van der Waals surface area contributed by atoms with Crippen molar-refractivity contribution in [1.29, 1.82) is 0 Å². The van der Waals surface area contributed by atoms with Crippen molar-refractivity contribution < 1.29 is 9.84 Å². The fourth-order valence-electron chi connectivity index (χ4n) is 2.27. The predicted molar refractivity (Wildman–Crippen MR) is 59.8 cm³/mol. The van der Waals surface area contributed by atoms with Crippen molar-refractivity contribution in [3.8, 4) is 0 Å². The summed E-state index contributed by atoms with van der Waals surface area (Å²) in [5, 5.41) is 9.71. The van der Waals surface area contributed by atoms with Gasteiger partial charge in [-0.1, -0.05) is 6.92 Å². The highest BCUT2D eigenvalue weighted by atomic mass is 16.5. The van der Waals surface area contributed by atoms with Crippen molar-refractivity contribution in [3.05, 3.63) is 0 Å². The van der Waals surface area contributed by atoms with Crippen molar-refractivity contribution >= 4 is 0 Å². The zero-order valence-corrected chi connectivity index (χ0v) is 9.69. The van der Waals surface area contributed by atoms with Crippen molar-refractivity contribution in [2.75, 3.05) is 26.3 Å². The maximum Gasteiger partial charge on any atom is 0.0664 e. The van der Waals surface area contributed by atoms with Crippen LogP contribution in [0.1, 0.15) is 32.6 Å². The third kappa shape index (κ3) is 3.44. The summed E-state index contributed by atoms with van der Waals surface area (Å²) >= 11 is 0. The molecule has 1 aliphatic carbocycles. The summed E-state index contributed by atoms with van der Waals surface area (Å²) < 4.78 is 5.40. The van der Waals surface area contributed by atoms with Gasteiger partial charge in [0.1, 0.15) is 0 Å². The normalized spacial score (nSPS) is 28.6. The molecule has 0 spiro atoms. The Morgan fingerprint density at radius 2 is 2.20 bits per heavy atom. The van der Waals surface area contributed by atoms with Crippen LogP contribution in [0.4, 0.5) is 0 Å². The summed E-state index contributed by atoms with van der Waals surface area (Å²) in [6, 6.07) is 0.756. The van der Waals surface area contributed by atoms with Crippen molar-refractivity contribution in [1.82, 2.24) is 4.90 Å². The molecule has 2 aliphatic rings. The Labute approximate surface area is 92.4 Å². The summed E-state index contributed by atoms with van der Waals surface area (Å²) in [7, 11) is 0. The molecule has 0 aromatic carbocycles. The first-order valence-corrected chi connectivity index (χ1v) is 6.29. The van der Waals surface area contributed by atoms with Gasteiger partial charge in [0.25, 0.3) is 0 Å². The van der Waals surface area contributed by atoms with E-state index < -0.39 is 0 Å². The summed E-state index contributed by atoms with van der Waals surface area (Å²) in [5.41, 5.74) is 0. The molecule has 1 N–H and O–H groups in total. The van der Waals surface area contributed by atoms with Gasteiger partial charge in [0.05, 0.1) is 12.7 Å². The molecule has 0 aromatic heterocycles. The average molecular weight is 213 g/mol. The lowest BCUT2D eigenvalue weighted by Crippen LogP contribution is -2.37. The lowest BCUT2D eigenvalue weighted by Gasteiger charge is -2.26. The number of hydrogen-bond donors (Lipinski definition) is 1. The Kier molecular flexibility index (Phi) is 4.00. The second-order valence-corrected chi connectivity index (χ2v) is 4.98. The van der Waals surface area contributed by atoms with E-state index in [-0.39, 0.29) is 6.10 Å². The van der Waals surface area contributed by atoms with Crippen LogP contribution in [0.25, 0.3) is 0 Å². The molecular formula is C12H23NO2. The van der Waals surface area contributed by atoms with Crippen LogP contribution < -0.4 is 0 Å². The number of aliphatic hydroxyl groups excluding tert-OH is 1. The first kappa shape index (κ1) is 11.4. The van der Waals surface area contributed by atoms with E-state index >= 15 is 0 Å². The molecule has 2 unspecified atom stereocenters. The van der Waals surface area contributed by atoms with Gasteiger partial charge in [-0.25, -0.2) is 0 Å². The van der Waals surface area contributed by atoms with Crippen molar-refractivity contribution in [2.24, 2.45) is 5.92 Å². The van der Waals surface area contributed by atoms with E-state index in [4.69, 9.17) is 4.74 Å². The molecule has 2 fully saturated rings. The molecule has 0 amide bonds. The molecular weight excluding hydrogens is 190 g/mol. The third-order valence-electron chi connectivity index (χ3n) is 3.50. The molecule has 3 heteroatoms. The molecule has 2 atom stereocenters. The summed E-state index contributed by atoms with van der Waals surface area (Å²) in [4.78, 5) is 2.48. The standard InChI is InChI=1S/C12H23NO2/c1-2-12(14)8-13(11-3-4-11)7-10-5-6-15-9-10/h10-12,14H,2-9H2,1H3. The van der Waals surface area contributed by atoms with E-state index in [1.165, 1.54) is 19.3 Å². The zero-order chi connectivity index (χ0) is 10.7. The van der Waals surface area contributed by atoms with Crippen molar-refractivity contribution in [2.45, 2.75) is 44.8 Å². The average Bonchev–Trinajstić information content (AvgIpc) is 2.97. The fourth-order valence-corrected chi connectivity index (χ4v) is 2.27. The minimum Gasteiger partial charge on any atom is -0.392 e. The Morgan fingerprint density at radius 3 is 2.73 bits per heavy atom. The second-order valence-electron chi connectivity index (χ2n) is 4.98. The van der Waals surface area contributed by atoms with Gasteiger partial charge < -0.3 is 9.84 Å². The van der Waals surface area contributed by atoms with Gasteiger partial charge in [-0.15, -0.1) is 0 Å². The first-order valence-electron chi connectivity index (χ1n) is 6.29. The Balaban J connectivity index is 1.77. The molecule has 0 radical (unpaired) electrons. The Bertz CT molecular complexity index is 188. The van der Waals surface area contributed by atoms with Gasteiger partial charge in [0, 0.05) is 25.7 Å². The lowest BCUT2D eigenvalue weighted by molar-refractivity contribution is 0.0914. The number of rotatable bonds is 6. The van der Waals surface area contributed by atoms with Crippen LogP contribution in [-0.2, 0) is 4.74 Å². The molecule has 0 aromatic rings. The monoisotopic (exact) mass is 213 g/mol. The van der Waals surface area contributed by atoms with Gasteiger partial charge in [-0.2, -0.15) is 0 Å². The number of ether oxygens (including phenoxy) is 1. The Hall–Kier alpha value is -0.120. The van der Waals surface area contributed by atoms with E-state index in [0.29, 0.717) is 5.92 Å². The largest absolute Gasteiger partial charge is 0.392 e. The highest BCUT2D eigenvalue weighted by molar-refractivity contribution is 4.87. The van der Waals surface area contributed by atoms with Gasteiger partial charge in [-0.05, 0) is 31.6 Å². The van der Waals surface area contributed by atoms with Crippen molar-refractivity contribution in [3.63, 3.8) is 0 Å². The molecule has 1 saturated carbocycles. The van der Waals surface area contributed by atoms with Crippen LogP contribution in [0.15, 0.2) is 0 Å². The van der Waals surface area contributed by atoms with E-state index in [1.54, 1.807) is 0 Å². The number of aliphatic hydroxyl groups is 1. The Morgan fingerprint density at radius 1 is 1.40 bits per heavy atom. The van der Waals surface area contributed by atoms with Gasteiger partial charge in [0.15, 0.2) is 0 Å². The van der Waals surface area contributed by atoms with Crippen LogP contribution in [-0.4, -0.2) is 48.5 Å². The maximum absolute atomic E-state index is 9.71. The quantitative estimate of drug-likeness (QED) is 0.721. The van der Waals surface area contributed by atoms with Crippen LogP contribution in [0.2, 0.25) is 0 Å². The molecule has 3 nitrogen and oxygen atoms in total. The SMILES string of the molecule is CCC(O)CN(CC1CCOC1)C1CC1. The van der Waals surface area contributed by atoms with Crippen LogP contribution >= 0.6 is 0 Å². The highest BCUT2D eigenvalue weighted by Gasteiger charge is 2.32. The molecule has 1 aliphatic heterocycles. The van der Waals surface area contributed by atoms with Gasteiger partial charge >= 0.3 is 0 Å². The lowest BCUT2D eigenvalue weighted by atomic mass is 10.1. The molecule has 15 heavy (non-hydrogen) atoms. The highest BCUT2D eigenvalue weighted by Crippen LogP contribution is 2.29. The van der Waals surface area contributed by atoms with Gasteiger partial charge in [-0.3, -0.25) is 4.90 Å². The first-order chi connectivity index (χ1) is 7.29. The number of hydrogen-bond acceptors (Lipinski definition) is 3. The fraction of sp³-hybridized carbons (Fsp3) is 1.00. The van der Waals surface area contributed by atoms with Crippen LogP contribution in [0.5, 0.6) is 0 Å². The topological polar surface area (TPSA) is 32.7 Å². The second kappa shape index (κ2) is 5.28. The van der Waals surface area contributed by atoms with Crippen LogP contribution in [0.3, 0.4) is 0 Å². The third-order valence-corrected chi connectivity index (χ3v) is 3.50. The summed E-state index contributed by atoms with van der Waals surface area (Å²) in [6.45, 7) is 5.89. The minimum absolute atomic E-state index is 0.145. The van der Waals surface area contributed by atoms with E-state index in [9.17, 15) is 5.11 Å². The van der Waals surface area contributed by atoms with E-state index in [1.807, 2.05) is 0 Å². The van der Waals surface area contributed by atoms with Crippen LogP contribution in [0, 0.1) is 5.92 Å². The van der Waals surface area contributed by atoms with E-state index in [0.717, 1.165) is 38.8 Å². The summed E-state index contributed by atoms with van der Waals surface area (Å²) in [5.74, 6) is 0.703. The minimum atomic E-state index is -0.145. The van der Waals surface area contributed by atoms with Gasteiger partial charge in [0.2, 0.25) is 0 Å². The molecule has 88 valence electrons. The molecule has 0 bridgehead atoms. The maximum atomic E-state index is 9.71. The number of nitrogens with zero attached hydrogens (tertiary/aromatic N) is 1. The smallest absolute Gasteiger partial charge is 0.0664 e. The van der Waals surface area contributed by atoms with E-state index in [2.05, 4.69) is 11.8 Å². The molecule has 1 heterocycles. The molecule has 1 saturated heterocycles. The predicted octanol–water partition coefficient (Wildman–Crippen LogP) is 1.26.